The Morgan fingerprint density at radius 3 is 1.35 bits per heavy atom. The van der Waals surface area contributed by atoms with Crippen LogP contribution in [-0.2, 0) is 47.2 Å². The van der Waals surface area contributed by atoms with Crippen LogP contribution in [0.1, 0.15) is 278 Å². The van der Waals surface area contributed by atoms with E-state index in [-0.39, 0.29) is 49.9 Å². The first-order chi connectivity index (χ1) is 40.5. The van der Waals surface area contributed by atoms with Gasteiger partial charge in [-0.1, -0.05) is 256 Å². The molecular weight excluding hydrogens is 1070 g/mol. The third-order valence-corrected chi connectivity index (χ3v) is 17.2. The topological polar surface area (TPSA) is 182 Å². The fraction of sp³-hybridized carbons (Fsp3) is 0.765. The Morgan fingerprint density at radius 2 is 0.928 bits per heavy atom. The molecule has 1 fully saturated rings. The summed E-state index contributed by atoms with van der Waals surface area (Å²) in [6.07, 6.45) is 33.7. The van der Waals surface area contributed by atoms with Crippen LogP contribution < -0.4 is 14.4 Å². The molecule has 0 radical (unpaired) electrons. The van der Waals surface area contributed by atoms with Gasteiger partial charge in [-0.3, -0.25) is 23.7 Å². The van der Waals surface area contributed by atoms with E-state index in [0.717, 1.165) is 77.0 Å². The first kappa shape index (κ1) is 73.3. The number of hydrogen-bond donors (Lipinski definition) is 2. The van der Waals surface area contributed by atoms with Crippen molar-refractivity contribution in [2.45, 2.75) is 309 Å². The molecule has 83 heavy (non-hydrogen) atoms. The van der Waals surface area contributed by atoms with E-state index in [9.17, 15) is 19.5 Å². The number of esters is 3. The molecule has 2 N–H and O–H groups in total. The minimum atomic E-state index is -4.76. The Hall–Kier alpha value is -3.97. The molecule has 0 saturated carbocycles. The zero-order chi connectivity index (χ0) is 59.9. The summed E-state index contributed by atoms with van der Waals surface area (Å²) in [5.41, 5.74) is 0. The smallest absolute Gasteiger partial charge is 0.466 e. The van der Waals surface area contributed by atoms with E-state index in [1.807, 2.05) is 0 Å². The number of carbonyl (C=O) groups is 4. The number of aliphatic hydroxyl groups is 1. The van der Waals surface area contributed by atoms with Crippen LogP contribution in [0.5, 0.6) is 11.5 Å². The zero-order valence-electron chi connectivity index (χ0n) is 52.2. The highest BCUT2D eigenvalue weighted by molar-refractivity contribution is 7.49. The van der Waals surface area contributed by atoms with Crippen molar-refractivity contribution in [3.05, 3.63) is 60.7 Å². The molecule has 6 atom stereocenters. The van der Waals surface area contributed by atoms with Gasteiger partial charge in [0, 0.05) is 12.8 Å². The van der Waals surface area contributed by atoms with Gasteiger partial charge in [-0.2, -0.15) is 0 Å². The molecule has 1 aliphatic rings. The molecular formula is C68H114NO13P. The molecule has 0 bridgehead atoms. The summed E-state index contributed by atoms with van der Waals surface area (Å²) in [4.78, 5) is 54.5. The second-order valence-corrected chi connectivity index (χ2v) is 24.8. The van der Waals surface area contributed by atoms with E-state index in [1.165, 1.54) is 122 Å². The van der Waals surface area contributed by atoms with E-state index < -0.39 is 68.7 Å². The molecule has 2 aromatic carbocycles. The van der Waals surface area contributed by atoms with Gasteiger partial charge < -0.3 is 38.4 Å². The summed E-state index contributed by atoms with van der Waals surface area (Å²) in [6, 6.07) is 15.8. The first-order valence-electron chi connectivity index (χ1n) is 33.4. The number of phosphoric acid groups is 1. The predicted octanol–water partition coefficient (Wildman–Crippen LogP) is 17.8. The number of rotatable bonds is 53. The lowest BCUT2D eigenvalue weighted by molar-refractivity contribution is -0.195. The summed E-state index contributed by atoms with van der Waals surface area (Å²) < 4.78 is 58.2. The van der Waals surface area contributed by atoms with Crippen LogP contribution >= 0.6 is 7.82 Å². The Balaban J connectivity index is 1.95. The van der Waals surface area contributed by atoms with E-state index in [1.54, 1.807) is 67.6 Å². The van der Waals surface area contributed by atoms with Crippen molar-refractivity contribution >= 4 is 31.6 Å². The van der Waals surface area contributed by atoms with Gasteiger partial charge in [-0.15, -0.1) is 0 Å². The number of unbranched alkanes of at least 4 members (excludes halogenated alkanes) is 29. The molecule has 3 rings (SSSR count). The van der Waals surface area contributed by atoms with E-state index in [2.05, 4.69) is 26.1 Å². The van der Waals surface area contributed by atoms with Crippen molar-refractivity contribution in [1.29, 1.82) is 0 Å². The third kappa shape index (κ3) is 35.9. The van der Waals surface area contributed by atoms with E-state index >= 15 is 9.36 Å². The van der Waals surface area contributed by atoms with E-state index in [4.69, 9.17) is 32.5 Å². The highest BCUT2D eigenvalue weighted by Gasteiger charge is 2.51. The summed E-state index contributed by atoms with van der Waals surface area (Å²) in [5.74, 6) is -1.97. The second kappa shape index (κ2) is 48.2. The van der Waals surface area contributed by atoms with Gasteiger partial charge in [0.2, 0.25) is 5.91 Å². The van der Waals surface area contributed by atoms with Crippen molar-refractivity contribution in [3.8, 4) is 11.5 Å². The van der Waals surface area contributed by atoms with Crippen LogP contribution in [0.25, 0.3) is 0 Å². The van der Waals surface area contributed by atoms with Gasteiger partial charge in [0.15, 0.2) is 6.10 Å². The maximum atomic E-state index is 15.4. The highest BCUT2D eigenvalue weighted by Crippen LogP contribution is 2.52. The number of amides is 1. The fourth-order valence-electron chi connectivity index (χ4n) is 10.8. The molecule has 1 amide bonds. The standard InChI is InChI=1S/C68H114NO13P/c1-5-9-12-15-18-21-23-24-27-29-32-37-46-57(45-36-31-28-26-22-19-16-13-10-6-2)68(74)79-66-61(69-63(71)54-58(70)47-38-33-30-25-20-17-14-11-7-3)55-77-62(56-78-65(73)53-44-43-52-64(72)76-8-4)67(66)82-83(75,80-59-48-39-34-40-49-59)81-60-50-41-35-42-51-60/h34-35,39-42,48-51,57-58,61-62,66-67,70H,5-33,36-38,43-47,52-56H2,1-4H3,(H,69,71)/t57?,58-,61+,62-,66-,67-/m1/s1. The average molecular weight is 1180 g/mol. The van der Waals surface area contributed by atoms with Gasteiger partial charge in [-0.25, -0.2) is 4.57 Å². The normalized spacial score (nSPS) is 16.9. The largest absolute Gasteiger partial charge is 0.588 e. The van der Waals surface area contributed by atoms with Crippen LogP contribution in [0.3, 0.4) is 0 Å². The lowest BCUT2D eigenvalue weighted by Gasteiger charge is -2.42. The van der Waals surface area contributed by atoms with Crippen molar-refractivity contribution in [3.63, 3.8) is 0 Å². The molecule has 474 valence electrons. The fourth-order valence-corrected chi connectivity index (χ4v) is 12.3. The monoisotopic (exact) mass is 1180 g/mol. The quantitative estimate of drug-likeness (QED) is 0.0276. The lowest BCUT2D eigenvalue weighted by Crippen LogP contribution is -2.62. The number of aliphatic hydroxyl groups excluding tert-OH is 1. The molecule has 0 spiro atoms. The predicted molar refractivity (Wildman–Crippen MR) is 332 cm³/mol. The SMILES string of the molecule is CCCCCCCCCCCCCCC(CCCCCCCCCCCC)C(=O)O[C@H]1[C@H](OP(=O)(Oc2ccccc2)Oc2ccccc2)[C@@H](COC(=O)CCCCC(=O)OCC)OC[C@@H]1NC(=O)C[C@H](O)CCCCCCCCCCC. The van der Waals surface area contributed by atoms with Crippen LogP contribution in [0.4, 0.5) is 0 Å². The second-order valence-electron chi connectivity index (χ2n) is 23.3. The molecule has 2 aromatic rings. The lowest BCUT2D eigenvalue weighted by atomic mass is 9.93. The zero-order valence-corrected chi connectivity index (χ0v) is 53.1. The molecule has 0 aromatic heterocycles. The molecule has 1 unspecified atom stereocenters. The van der Waals surface area contributed by atoms with Crippen molar-refractivity contribution in [2.75, 3.05) is 19.8 Å². The number of para-hydroxylation sites is 2. The average Bonchev–Trinajstić information content (AvgIpc) is 3.42. The number of carbonyl (C=O) groups excluding carboxylic acids is 4. The molecule has 15 heteroatoms. The van der Waals surface area contributed by atoms with Crippen molar-refractivity contribution < 1.29 is 61.4 Å². The Labute approximate surface area is 502 Å². The minimum Gasteiger partial charge on any atom is -0.466 e. The first-order valence-corrected chi connectivity index (χ1v) is 34.8. The summed E-state index contributed by atoms with van der Waals surface area (Å²) in [6.45, 7) is 8.13. The molecule has 14 nitrogen and oxygen atoms in total. The molecule has 0 aliphatic carbocycles. The van der Waals surface area contributed by atoms with Crippen molar-refractivity contribution in [1.82, 2.24) is 5.32 Å². The molecule has 1 heterocycles. The summed E-state index contributed by atoms with van der Waals surface area (Å²) in [7, 11) is -4.76. The number of nitrogens with one attached hydrogen (secondary N) is 1. The minimum absolute atomic E-state index is 0.00259. The highest BCUT2D eigenvalue weighted by atomic mass is 31.2. The number of hydrogen-bond acceptors (Lipinski definition) is 13. The van der Waals surface area contributed by atoms with Gasteiger partial charge in [0.25, 0.3) is 0 Å². The van der Waals surface area contributed by atoms with Crippen LogP contribution in [-0.4, -0.2) is 79.2 Å². The van der Waals surface area contributed by atoms with E-state index in [0.29, 0.717) is 32.1 Å². The van der Waals surface area contributed by atoms with Gasteiger partial charge >= 0.3 is 25.7 Å². The van der Waals surface area contributed by atoms with Gasteiger partial charge in [0.05, 0.1) is 37.7 Å². The maximum Gasteiger partial charge on any atom is 0.588 e. The van der Waals surface area contributed by atoms with Crippen LogP contribution in [0.15, 0.2) is 60.7 Å². The van der Waals surface area contributed by atoms with Crippen LogP contribution in [0, 0.1) is 5.92 Å². The number of benzene rings is 2. The molecule has 1 saturated heterocycles. The van der Waals surface area contributed by atoms with Crippen LogP contribution in [0.2, 0.25) is 0 Å². The maximum absolute atomic E-state index is 15.4. The number of ether oxygens (including phenoxy) is 4. The number of phosphoric ester groups is 1. The van der Waals surface area contributed by atoms with Crippen molar-refractivity contribution in [2.24, 2.45) is 5.92 Å². The summed E-state index contributed by atoms with van der Waals surface area (Å²) in [5, 5.41) is 14.2. The summed E-state index contributed by atoms with van der Waals surface area (Å²) >= 11 is 0. The third-order valence-electron chi connectivity index (χ3n) is 15.8. The van der Waals surface area contributed by atoms with Gasteiger partial charge in [-0.05, 0) is 63.3 Å². The Bertz CT molecular complexity index is 1930. The Kier molecular flexibility index (Phi) is 42.5. The van der Waals surface area contributed by atoms with Gasteiger partial charge in [0.1, 0.15) is 30.3 Å². The molecule has 1 aliphatic heterocycles. The Morgan fingerprint density at radius 1 is 0.530 bits per heavy atom.